The van der Waals surface area contributed by atoms with Crippen molar-refractivity contribution < 1.29 is 14.3 Å². The largest absolute Gasteiger partial charge is 0.381 e. The third kappa shape index (κ3) is 3.21. The summed E-state index contributed by atoms with van der Waals surface area (Å²) in [4.78, 5) is 19.6. The lowest BCUT2D eigenvalue weighted by molar-refractivity contribution is -0.146. The Balaban J connectivity index is 1.57. The molecular weight excluding hydrogens is 328 g/mol. The highest BCUT2D eigenvalue weighted by molar-refractivity contribution is 5.95. The van der Waals surface area contributed by atoms with Gasteiger partial charge in [0, 0.05) is 37.1 Å². The van der Waals surface area contributed by atoms with Gasteiger partial charge in [-0.25, -0.2) is 4.98 Å². The Kier molecular flexibility index (Phi) is 4.92. The Labute approximate surface area is 154 Å². The summed E-state index contributed by atoms with van der Waals surface area (Å²) in [5.41, 5.74) is 1.29. The molecule has 5 heteroatoms. The molecule has 138 valence electrons. The summed E-state index contributed by atoms with van der Waals surface area (Å²) < 4.78 is 11.8. The first-order valence-electron chi connectivity index (χ1n) is 9.56. The predicted octanol–water partition coefficient (Wildman–Crippen LogP) is 3.28. The minimum atomic E-state index is -0.0843. The van der Waals surface area contributed by atoms with Crippen LogP contribution in [0.4, 0.5) is 0 Å². The van der Waals surface area contributed by atoms with E-state index in [1.165, 1.54) is 0 Å². The van der Waals surface area contributed by atoms with E-state index >= 15 is 0 Å². The SMILES string of the molecule is CCOCC12CCCOC1CCN(C(=O)c1ccc3ccccc3n1)C2. The van der Waals surface area contributed by atoms with Crippen molar-refractivity contribution in [3.05, 3.63) is 42.1 Å². The van der Waals surface area contributed by atoms with E-state index in [0.717, 1.165) is 36.8 Å². The molecule has 2 atom stereocenters. The number of fused-ring (bicyclic) bond motifs is 2. The molecule has 0 spiro atoms. The van der Waals surface area contributed by atoms with Gasteiger partial charge in [0.25, 0.3) is 5.91 Å². The molecule has 0 bridgehead atoms. The van der Waals surface area contributed by atoms with E-state index in [9.17, 15) is 4.79 Å². The van der Waals surface area contributed by atoms with E-state index < -0.39 is 0 Å². The van der Waals surface area contributed by atoms with Crippen LogP contribution in [0.15, 0.2) is 36.4 Å². The zero-order valence-corrected chi connectivity index (χ0v) is 15.3. The van der Waals surface area contributed by atoms with Crippen molar-refractivity contribution in [3.8, 4) is 0 Å². The first-order valence-corrected chi connectivity index (χ1v) is 9.56. The molecule has 0 N–H and O–H groups in total. The van der Waals surface area contributed by atoms with Crippen molar-refractivity contribution in [2.75, 3.05) is 32.9 Å². The maximum atomic E-state index is 13.1. The highest BCUT2D eigenvalue weighted by Crippen LogP contribution is 2.40. The fourth-order valence-corrected chi connectivity index (χ4v) is 4.33. The average molecular weight is 354 g/mol. The number of aromatic nitrogens is 1. The van der Waals surface area contributed by atoms with E-state index in [0.29, 0.717) is 32.0 Å². The lowest BCUT2D eigenvalue weighted by Gasteiger charge is -2.50. The van der Waals surface area contributed by atoms with Crippen LogP contribution in [-0.2, 0) is 9.47 Å². The highest BCUT2D eigenvalue weighted by Gasteiger charge is 2.47. The van der Waals surface area contributed by atoms with E-state index in [1.807, 2.05) is 48.2 Å². The molecule has 2 aromatic rings. The summed E-state index contributed by atoms with van der Waals surface area (Å²) in [6.45, 7) is 5.58. The quantitative estimate of drug-likeness (QED) is 0.845. The molecule has 4 rings (SSSR count). The van der Waals surface area contributed by atoms with Gasteiger partial charge in [0.05, 0.1) is 18.2 Å². The van der Waals surface area contributed by atoms with Crippen LogP contribution in [0.1, 0.15) is 36.7 Å². The molecule has 0 radical (unpaired) electrons. The molecule has 2 aliphatic heterocycles. The van der Waals surface area contributed by atoms with E-state index in [2.05, 4.69) is 4.98 Å². The van der Waals surface area contributed by atoms with Crippen LogP contribution in [-0.4, -0.2) is 54.8 Å². The molecule has 1 aromatic carbocycles. The maximum Gasteiger partial charge on any atom is 0.272 e. The van der Waals surface area contributed by atoms with E-state index in [-0.39, 0.29) is 17.4 Å². The van der Waals surface area contributed by atoms with Crippen molar-refractivity contribution >= 4 is 16.8 Å². The molecule has 1 amide bonds. The molecule has 0 aliphatic carbocycles. The van der Waals surface area contributed by atoms with Crippen molar-refractivity contribution in [2.24, 2.45) is 5.41 Å². The fourth-order valence-electron chi connectivity index (χ4n) is 4.33. The van der Waals surface area contributed by atoms with Crippen LogP contribution in [0.2, 0.25) is 0 Å². The lowest BCUT2D eigenvalue weighted by Crippen LogP contribution is -2.58. The van der Waals surface area contributed by atoms with Gasteiger partial charge >= 0.3 is 0 Å². The van der Waals surface area contributed by atoms with Crippen molar-refractivity contribution in [1.82, 2.24) is 9.88 Å². The monoisotopic (exact) mass is 354 g/mol. The van der Waals surface area contributed by atoms with Gasteiger partial charge in [-0.3, -0.25) is 4.79 Å². The van der Waals surface area contributed by atoms with Gasteiger partial charge in [-0.15, -0.1) is 0 Å². The van der Waals surface area contributed by atoms with Crippen LogP contribution >= 0.6 is 0 Å². The third-order valence-corrected chi connectivity index (χ3v) is 5.69. The summed E-state index contributed by atoms with van der Waals surface area (Å²) in [6.07, 6.45) is 3.13. The molecule has 5 nitrogen and oxygen atoms in total. The minimum Gasteiger partial charge on any atom is -0.381 e. The molecule has 0 saturated carbocycles. The Bertz CT molecular complexity index is 794. The molecule has 2 saturated heterocycles. The molecule has 2 unspecified atom stereocenters. The zero-order chi connectivity index (χ0) is 18.0. The Morgan fingerprint density at radius 1 is 1.35 bits per heavy atom. The van der Waals surface area contributed by atoms with Crippen LogP contribution in [0.3, 0.4) is 0 Å². The molecule has 26 heavy (non-hydrogen) atoms. The number of hydrogen-bond acceptors (Lipinski definition) is 4. The van der Waals surface area contributed by atoms with Gasteiger partial charge in [-0.05, 0) is 38.3 Å². The van der Waals surface area contributed by atoms with Crippen LogP contribution in [0.5, 0.6) is 0 Å². The second-order valence-corrected chi connectivity index (χ2v) is 7.37. The number of para-hydroxylation sites is 1. The lowest BCUT2D eigenvalue weighted by atomic mass is 9.73. The van der Waals surface area contributed by atoms with E-state index in [1.54, 1.807) is 0 Å². The number of amides is 1. The predicted molar refractivity (Wildman–Crippen MR) is 100 cm³/mol. The molecule has 2 aliphatic rings. The van der Waals surface area contributed by atoms with Gasteiger partial charge in [0.2, 0.25) is 0 Å². The van der Waals surface area contributed by atoms with Crippen LogP contribution < -0.4 is 0 Å². The second-order valence-electron chi connectivity index (χ2n) is 7.37. The fraction of sp³-hybridized carbons (Fsp3) is 0.524. The number of benzene rings is 1. The van der Waals surface area contributed by atoms with Crippen molar-refractivity contribution in [1.29, 1.82) is 0 Å². The summed E-state index contributed by atoms with van der Waals surface area (Å²) in [5, 5.41) is 1.05. The van der Waals surface area contributed by atoms with Crippen LogP contribution in [0.25, 0.3) is 10.9 Å². The summed E-state index contributed by atoms with van der Waals surface area (Å²) >= 11 is 0. The molecular formula is C21H26N2O3. The number of piperidine rings is 1. The average Bonchev–Trinajstić information content (AvgIpc) is 2.71. The molecule has 3 heterocycles. The first kappa shape index (κ1) is 17.4. The summed E-state index contributed by atoms with van der Waals surface area (Å²) in [6, 6.07) is 11.7. The number of pyridine rings is 1. The summed E-state index contributed by atoms with van der Waals surface area (Å²) in [5.74, 6) is 0.00986. The Morgan fingerprint density at radius 3 is 3.12 bits per heavy atom. The van der Waals surface area contributed by atoms with Crippen molar-refractivity contribution in [3.63, 3.8) is 0 Å². The van der Waals surface area contributed by atoms with Gasteiger partial charge in [0.1, 0.15) is 5.69 Å². The van der Waals surface area contributed by atoms with Gasteiger partial charge < -0.3 is 14.4 Å². The number of carbonyl (C=O) groups is 1. The Morgan fingerprint density at radius 2 is 2.23 bits per heavy atom. The molecule has 2 fully saturated rings. The van der Waals surface area contributed by atoms with Crippen molar-refractivity contribution in [2.45, 2.75) is 32.3 Å². The van der Waals surface area contributed by atoms with Gasteiger partial charge in [-0.1, -0.05) is 24.3 Å². The number of nitrogens with zero attached hydrogens (tertiary/aromatic N) is 2. The normalized spacial score (nSPS) is 25.9. The summed E-state index contributed by atoms with van der Waals surface area (Å²) in [7, 11) is 0. The zero-order valence-electron chi connectivity index (χ0n) is 15.3. The molecule has 1 aromatic heterocycles. The number of carbonyl (C=O) groups excluding carboxylic acids is 1. The highest BCUT2D eigenvalue weighted by atomic mass is 16.5. The number of ether oxygens (including phenoxy) is 2. The number of hydrogen-bond donors (Lipinski definition) is 0. The number of likely N-dealkylation sites (tertiary alicyclic amines) is 1. The number of rotatable bonds is 4. The maximum absolute atomic E-state index is 13.1. The third-order valence-electron chi connectivity index (χ3n) is 5.69. The van der Waals surface area contributed by atoms with Gasteiger partial charge in [0.15, 0.2) is 0 Å². The first-order chi connectivity index (χ1) is 12.7. The van der Waals surface area contributed by atoms with Crippen LogP contribution in [0, 0.1) is 5.41 Å². The topological polar surface area (TPSA) is 51.7 Å². The smallest absolute Gasteiger partial charge is 0.272 e. The van der Waals surface area contributed by atoms with E-state index in [4.69, 9.17) is 9.47 Å². The standard InChI is InChI=1S/C21H26N2O3/c1-2-25-15-21-11-5-13-26-19(21)10-12-23(14-21)20(24)18-9-8-16-6-3-4-7-17(16)22-18/h3-4,6-9,19H,2,5,10-15H2,1H3. The minimum absolute atomic E-state index is 0.00986. The van der Waals surface area contributed by atoms with Gasteiger partial charge in [-0.2, -0.15) is 0 Å². The second kappa shape index (κ2) is 7.33. The Hall–Kier alpha value is -1.98.